The number of halogens is 2. The Morgan fingerprint density at radius 2 is 1.85 bits per heavy atom. The fourth-order valence-corrected chi connectivity index (χ4v) is 3.67. The van der Waals surface area contributed by atoms with Gasteiger partial charge in [-0.2, -0.15) is 5.26 Å². The van der Waals surface area contributed by atoms with Crippen molar-refractivity contribution in [1.82, 2.24) is 9.97 Å². The number of nitriles is 1. The van der Waals surface area contributed by atoms with Gasteiger partial charge in [-0.1, -0.05) is 47.1 Å². The zero-order valence-corrected chi connectivity index (χ0v) is 16.1. The van der Waals surface area contributed by atoms with Crippen molar-refractivity contribution in [1.29, 1.82) is 5.26 Å². The van der Waals surface area contributed by atoms with E-state index in [2.05, 4.69) is 9.97 Å². The topological polar surface area (TPSA) is 111 Å². The minimum Gasteiger partial charge on any atom is -0.477 e. The van der Waals surface area contributed by atoms with Gasteiger partial charge in [0.1, 0.15) is 16.8 Å². The second-order valence-corrected chi connectivity index (χ2v) is 7.18. The lowest BCUT2D eigenvalue weighted by molar-refractivity contribution is 0.368. The molecule has 0 saturated heterocycles. The summed E-state index contributed by atoms with van der Waals surface area (Å²) in [7, 11) is 0. The first-order chi connectivity index (χ1) is 13.0. The predicted molar refractivity (Wildman–Crippen MR) is 108 cm³/mol. The van der Waals surface area contributed by atoms with Gasteiger partial charge >= 0.3 is 0 Å². The van der Waals surface area contributed by atoms with Crippen LogP contribution in [0.15, 0.2) is 52.4 Å². The number of nitrogen functional groups attached to an aromatic ring is 2. The SMILES string of the molecule is N#CCOc1cc(-c2cc(Sc3ccccc3N)nc(N)n2)c(Cl)cc1Cl. The van der Waals surface area contributed by atoms with Crippen LogP contribution in [0.4, 0.5) is 11.6 Å². The van der Waals surface area contributed by atoms with E-state index in [1.165, 1.54) is 17.8 Å². The van der Waals surface area contributed by atoms with Gasteiger partial charge < -0.3 is 16.2 Å². The molecule has 1 aromatic heterocycles. The second kappa shape index (κ2) is 8.35. The Labute approximate surface area is 170 Å². The fraction of sp³-hybridized carbons (Fsp3) is 0.0556. The third-order valence-corrected chi connectivity index (χ3v) is 5.06. The van der Waals surface area contributed by atoms with Crippen LogP contribution in [0.5, 0.6) is 5.75 Å². The molecule has 0 bridgehead atoms. The van der Waals surface area contributed by atoms with Crippen LogP contribution in [0, 0.1) is 11.3 Å². The summed E-state index contributed by atoms with van der Waals surface area (Å²) in [5.41, 5.74) is 13.6. The van der Waals surface area contributed by atoms with Gasteiger partial charge in [-0.15, -0.1) is 0 Å². The molecule has 0 aliphatic heterocycles. The Hall–Kier alpha value is -2.66. The number of ether oxygens (including phenoxy) is 1. The molecular formula is C18H13Cl2N5OS. The van der Waals surface area contributed by atoms with Crippen LogP contribution in [0.2, 0.25) is 10.0 Å². The number of hydrogen-bond acceptors (Lipinski definition) is 7. The molecule has 0 fully saturated rings. The third kappa shape index (κ3) is 4.55. The molecule has 0 unspecified atom stereocenters. The maximum Gasteiger partial charge on any atom is 0.221 e. The van der Waals surface area contributed by atoms with Gasteiger partial charge in [0.2, 0.25) is 5.95 Å². The van der Waals surface area contributed by atoms with Gasteiger partial charge in [-0.05, 0) is 30.3 Å². The number of nitrogens with zero attached hydrogens (tertiary/aromatic N) is 3. The molecule has 27 heavy (non-hydrogen) atoms. The van der Waals surface area contributed by atoms with E-state index in [9.17, 15) is 0 Å². The van der Waals surface area contributed by atoms with E-state index in [1.54, 1.807) is 12.1 Å². The summed E-state index contributed by atoms with van der Waals surface area (Å²) in [6, 6.07) is 14.2. The van der Waals surface area contributed by atoms with Gasteiger partial charge in [0.25, 0.3) is 0 Å². The van der Waals surface area contributed by atoms with Crippen molar-refractivity contribution in [3.8, 4) is 23.1 Å². The van der Waals surface area contributed by atoms with Crippen molar-refractivity contribution in [3.05, 3.63) is 52.5 Å². The Bertz CT molecular complexity index is 1040. The minimum absolute atomic E-state index is 0.0926. The molecule has 3 rings (SSSR count). The molecule has 0 aliphatic carbocycles. The summed E-state index contributed by atoms with van der Waals surface area (Å²) in [6.45, 7) is -0.138. The Balaban J connectivity index is 2.01. The largest absolute Gasteiger partial charge is 0.477 e. The number of benzene rings is 2. The van der Waals surface area contributed by atoms with Crippen LogP contribution < -0.4 is 16.2 Å². The summed E-state index contributed by atoms with van der Waals surface area (Å²) < 4.78 is 5.33. The summed E-state index contributed by atoms with van der Waals surface area (Å²) in [4.78, 5) is 9.35. The number of nitrogens with two attached hydrogens (primary N) is 2. The first-order valence-electron chi connectivity index (χ1n) is 7.64. The second-order valence-electron chi connectivity index (χ2n) is 5.30. The Kier molecular flexibility index (Phi) is 5.91. The Morgan fingerprint density at radius 1 is 1.07 bits per heavy atom. The Morgan fingerprint density at radius 3 is 2.59 bits per heavy atom. The molecule has 4 N–H and O–H groups in total. The van der Waals surface area contributed by atoms with Gasteiger partial charge in [0.15, 0.2) is 6.61 Å². The summed E-state index contributed by atoms with van der Waals surface area (Å²) in [5.74, 6) is 0.423. The molecule has 0 atom stereocenters. The van der Waals surface area contributed by atoms with Crippen LogP contribution >= 0.6 is 35.0 Å². The molecule has 0 aliphatic rings. The van der Waals surface area contributed by atoms with Crippen LogP contribution in [0.1, 0.15) is 0 Å². The summed E-state index contributed by atoms with van der Waals surface area (Å²) in [5, 5.41) is 9.98. The first kappa shape index (κ1) is 19.1. The molecule has 136 valence electrons. The third-order valence-electron chi connectivity index (χ3n) is 3.44. The number of anilines is 2. The van der Waals surface area contributed by atoms with Gasteiger partial charge in [0, 0.05) is 16.1 Å². The van der Waals surface area contributed by atoms with Crippen molar-refractivity contribution < 1.29 is 4.74 Å². The zero-order chi connectivity index (χ0) is 19.4. The highest BCUT2D eigenvalue weighted by Crippen LogP contribution is 2.38. The molecule has 0 amide bonds. The van der Waals surface area contributed by atoms with Crippen molar-refractivity contribution >= 4 is 46.6 Å². The number of rotatable bonds is 5. The van der Waals surface area contributed by atoms with Crippen LogP contribution in [-0.4, -0.2) is 16.6 Å². The monoisotopic (exact) mass is 417 g/mol. The van der Waals surface area contributed by atoms with E-state index in [0.717, 1.165) is 4.90 Å². The average Bonchev–Trinajstić information content (AvgIpc) is 2.62. The molecular weight excluding hydrogens is 405 g/mol. The molecule has 1 heterocycles. The molecule has 6 nitrogen and oxygen atoms in total. The summed E-state index contributed by atoms with van der Waals surface area (Å²) in [6.07, 6.45) is 0. The van der Waals surface area contributed by atoms with E-state index in [-0.39, 0.29) is 12.6 Å². The molecule has 2 aromatic carbocycles. The van der Waals surface area contributed by atoms with Crippen LogP contribution in [-0.2, 0) is 0 Å². The predicted octanol–water partition coefficient (Wildman–Crippen LogP) is 4.67. The molecule has 3 aromatic rings. The number of hydrogen-bond donors (Lipinski definition) is 2. The number of para-hydroxylation sites is 1. The van der Waals surface area contributed by atoms with Crippen LogP contribution in [0.3, 0.4) is 0 Å². The van der Waals surface area contributed by atoms with E-state index >= 15 is 0 Å². The smallest absolute Gasteiger partial charge is 0.221 e. The average molecular weight is 418 g/mol. The molecule has 0 spiro atoms. The molecule has 0 radical (unpaired) electrons. The van der Waals surface area contributed by atoms with Crippen LogP contribution in [0.25, 0.3) is 11.3 Å². The highest BCUT2D eigenvalue weighted by Gasteiger charge is 2.14. The zero-order valence-electron chi connectivity index (χ0n) is 13.8. The quantitative estimate of drug-likeness (QED) is 0.458. The maximum absolute atomic E-state index is 8.70. The lowest BCUT2D eigenvalue weighted by Gasteiger charge is -2.11. The minimum atomic E-state index is -0.138. The van der Waals surface area contributed by atoms with E-state index < -0.39 is 0 Å². The fourth-order valence-electron chi connectivity index (χ4n) is 2.27. The lowest BCUT2D eigenvalue weighted by Crippen LogP contribution is -2.00. The summed E-state index contributed by atoms with van der Waals surface area (Å²) >= 11 is 13.8. The van der Waals surface area contributed by atoms with Crippen molar-refractivity contribution in [2.24, 2.45) is 0 Å². The lowest BCUT2D eigenvalue weighted by atomic mass is 10.1. The van der Waals surface area contributed by atoms with Crippen molar-refractivity contribution in [3.63, 3.8) is 0 Å². The standard InChI is InChI=1S/C18H13Cl2N5OS/c19-11-8-12(20)15(26-6-5-21)7-10(11)14-9-17(25-18(23)24-14)27-16-4-2-1-3-13(16)22/h1-4,7-9H,6,22H2,(H2,23,24,25). The maximum atomic E-state index is 8.70. The van der Waals surface area contributed by atoms with E-state index in [0.29, 0.717) is 37.8 Å². The van der Waals surface area contributed by atoms with Gasteiger partial charge in [-0.3, -0.25) is 0 Å². The highest BCUT2D eigenvalue weighted by atomic mass is 35.5. The van der Waals surface area contributed by atoms with E-state index in [4.69, 9.17) is 44.7 Å². The number of aromatic nitrogens is 2. The van der Waals surface area contributed by atoms with Gasteiger partial charge in [-0.25, -0.2) is 9.97 Å². The van der Waals surface area contributed by atoms with Gasteiger partial charge in [0.05, 0.1) is 15.7 Å². The van der Waals surface area contributed by atoms with Crippen molar-refractivity contribution in [2.45, 2.75) is 9.92 Å². The normalized spacial score (nSPS) is 10.4. The first-order valence-corrected chi connectivity index (χ1v) is 9.21. The van der Waals surface area contributed by atoms with E-state index in [1.807, 2.05) is 30.3 Å². The molecule has 9 heteroatoms. The highest BCUT2D eigenvalue weighted by molar-refractivity contribution is 7.99. The van der Waals surface area contributed by atoms with Crippen molar-refractivity contribution in [2.75, 3.05) is 18.1 Å². The molecule has 0 saturated carbocycles.